The molecule has 0 spiro atoms. The molecule has 1 N–H and O–H groups in total. The number of aryl methyl sites for hydroxylation is 1. The first-order valence-corrected chi connectivity index (χ1v) is 8.49. The summed E-state index contributed by atoms with van der Waals surface area (Å²) in [6, 6.07) is 16.2. The summed E-state index contributed by atoms with van der Waals surface area (Å²) >= 11 is 0. The van der Waals surface area contributed by atoms with Crippen LogP contribution in [0.2, 0.25) is 0 Å². The van der Waals surface area contributed by atoms with E-state index in [1.54, 1.807) is 0 Å². The summed E-state index contributed by atoms with van der Waals surface area (Å²) in [5.41, 5.74) is 4.23. The quantitative estimate of drug-likeness (QED) is 0.799. The van der Waals surface area contributed by atoms with Crippen LogP contribution >= 0.6 is 0 Å². The van der Waals surface area contributed by atoms with Crippen LogP contribution < -0.4 is 5.32 Å². The van der Waals surface area contributed by atoms with Gasteiger partial charge in [-0.2, -0.15) is 0 Å². The van der Waals surface area contributed by atoms with E-state index in [1.165, 1.54) is 17.5 Å². The summed E-state index contributed by atoms with van der Waals surface area (Å²) in [5.74, 6) is 0.407. The molecule has 1 aromatic heterocycles. The van der Waals surface area contributed by atoms with Gasteiger partial charge in [0, 0.05) is 17.8 Å². The maximum absolute atomic E-state index is 12.3. The molecule has 1 atom stereocenters. The standard InChI is InChI=1S/C20H20N2O2/c23-20(12-18-17-10-3-4-11-19(17)24-22-18)21-13-15-8-5-7-14-6-1-2-9-16(14)15/h1-4,6,9-11,15H,5,7-8,12-13H2,(H,21,23). The van der Waals surface area contributed by atoms with Crippen LogP contribution in [0.4, 0.5) is 0 Å². The number of fused-ring (bicyclic) bond motifs is 2. The number of rotatable bonds is 4. The minimum absolute atomic E-state index is 0.00268. The molecule has 1 aliphatic carbocycles. The summed E-state index contributed by atoms with van der Waals surface area (Å²) in [4.78, 5) is 12.3. The number of benzene rings is 2. The van der Waals surface area contributed by atoms with Crippen molar-refractivity contribution in [2.75, 3.05) is 6.54 Å². The predicted molar refractivity (Wildman–Crippen MR) is 92.8 cm³/mol. The zero-order valence-electron chi connectivity index (χ0n) is 13.5. The van der Waals surface area contributed by atoms with Gasteiger partial charge >= 0.3 is 0 Å². The molecule has 122 valence electrons. The Labute approximate surface area is 140 Å². The molecule has 24 heavy (non-hydrogen) atoms. The zero-order chi connectivity index (χ0) is 16.4. The topological polar surface area (TPSA) is 55.1 Å². The predicted octanol–water partition coefficient (Wildman–Crippen LogP) is 3.61. The second-order valence-corrected chi connectivity index (χ2v) is 6.39. The summed E-state index contributed by atoms with van der Waals surface area (Å²) in [6.45, 7) is 0.686. The van der Waals surface area contributed by atoms with E-state index in [0.29, 0.717) is 18.2 Å². The van der Waals surface area contributed by atoms with E-state index in [9.17, 15) is 4.79 Å². The SMILES string of the molecule is O=C(Cc1noc2ccccc12)NCC1CCCc2ccccc21. The van der Waals surface area contributed by atoms with E-state index in [-0.39, 0.29) is 12.3 Å². The fourth-order valence-electron chi connectivity index (χ4n) is 3.58. The number of carbonyl (C=O) groups is 1. The average Bonchev–Trinajstić information content (AvgIpc) is 3.03. The van der Waals surface area contributed by atoms with Gasteiger partial charge in [0.2, 0.25) is 5.91 Å². The summed E-state index contributed by atoms with van der Waals surface area (Å²) < 4.78 is 5.26. The maximum atomic E-state index is 12.3. The van der Waals surface area contributed by atoms with Gasteiger partial charge < -0.3 is 9.84 Å². The van der Waals surface area contributed by atoms with Crippen LogP contribution in [0.1, 0.15) is 35.6 Å². The highest BCUT2D eigenvalue weighted by atomic mass is 16.5. The smallest absolute Gasteiger partial charge is 0.226 e. The number of para-hydroxylation sites is 1. The first kappa shape index (κ1) is 14.9. The van der Waals surface area contributed by atoms with Crippen molar-refractivity contribution in [3.63, 3.8) is 0 Å². The molecule has 0 aliphatic heterocycles. The lowest BCUT2D eigenvalue weighted by molar-refractivity contribution is -0.120. The lowest BCUT2D eigenvalue weighted by atomic mass is 9.83. The Bertz CT molecular complexity index is 869. The number of hydrogen-bond acceptors (Lipinski definition) is 3. The Balaban J connectivity index is 1.41. The largest absolute Gasteiger partial charge is 0.356 e. The fraction of sp³-hybridized carbons (Fsp3) is 0.300. The molecule has 0 saturated heterocycles. The van der Waals surface area contributed by atoms with Crippen LogP contribution in [0.15, 0.2) is 53.1 Å². The molecule has 1 aliphatic rings. The molecule has 4 heteroatoms. The lowest BCUT2D eigenvalue weighted by Gasteiger charge is -2.25. The Morgan fingerprint density at radius 2 is 2.00 bits per heavy atom. The molecule has 1 amide bonds. The van der Waals surface area contributed by atoms with Gasteiger partial charge in [0.05, 0.1) is 6.42 Å². The van der Waals surface area contributed by atoms with E-state index < -0.39 is 0 Å². The highest BCUT2D eigenvalue weighted by molar-refractivity contribution is 5.86. The van der Waals surface area contributed by atoms with Crippen LogP contribution in [0.25, 0.3) is 11.0 Å². The summed E-state index contributed by atoms with van der Waals surface area (Å²) in [7, 11) is 0. The van der Waals surface area contributed by atoms with Crippen molar-refractivity contribution in [2.45, 2.75) is 31.6 Å². The minimum Gasteiger partial charge on any atom is -0.356 e. The number of carbonyl (C=O) groups excluding carboxylic acids is 1. The Hall–Kier alpha value is -2.62. The zero-order valence-corrected chi connectivity index (χ0v) is 13.5. The molecule has 1 heterocycles. The molecular weight excluding hydrogens is 300 g/mol. The van der Waals surface area contributed by atoms with Gasteiger partial charge in [-0.3, -0.25) is 4.79 Å². The molecule has 1 unspecified atom stereocenters. The van der Waals surface area contributed by atoms with Crippen LogP contribution in [-0.4, -0.2) is 17.6 Å². The van der Waals surface area contributed by atoms with E-state index in [4.69, 9.17) is 4.52 Å². The third kappa shape index (κ3) is 2.92. The van der Waals surface area contributed by atoms with Gasteiger partial charge in [-0.15, -0.1) is 0 Å². The second kappa shape index (κ2) is 6.48. The van der Waals surface area contributed by atoms with E-state index in [2.05, 4.69) is 34.7 Å². The summed E-state index contributed by atoms with van der Waals surface area (Å²) in [5, 5.41) is 8.02. The first-order chi connectivity index (χ1) is 11.8. The van der Waals surface area contributed by atoms with Crippen LogP contribution in [0.5, 0.6) is 0 Å². The van der Waals surface area contributed by atoms with Crippen LogP contribution in [0, 0.1) is 0 Å². The molecule has 0 bridgehead atoms. The van der Waals surface area contributed by atoms with Gasteiger partial charge in [0.15, 0.2) is 5.58 Å². The Kier molecular flexibility index (Phi) is 4.03. The van der Waals surface area contributed by atoms with Crippen LogP contribution in [-0.2, 0) is 17.6 Å². The molecule has 4 rings (SSSR count). The molecule has 0 saturated carbocycles. The highest BCUT2D eigenvalue weighted by Gasteiger charge is 2.20. The van der Waals surface area contributed by atoms with Gasteiger partial charge in [-0.05, 0) is 42.5 Å². The second-order valence-electron chi connectivity index (χ2n) is 6.39. The third-order valence-corrected chi connectivity index (χ3v) is 4.82. The Morgan fingerprint density at radius 1 is 1.17 bits per heavy atom. The molecule has 3 aromatic rings. The molecule has 0 radical (unpaired) electrons. The first-order valence-electron chi connectivity index (χ1n) is 8.49. The van der Waals surface area contributed by atoms with Gasteiger partial charge in [-0.1, -0.05) is 41.6 Å². The molecule has 4 nitrogen and oxygen atoms in total. The fourth-order valence-corrected chi connectivity index (χ4v) is 3.58. The highest BCUT2D eigenvalue weighted by Crippen LogP contribution is 2.30. The van der Waals surface area contributed by atoms with Gasteiger partial charge in [0.1, 0.15) is 5.69 Å². The number of aromatic nitrogens is 1. The number of hydrogen-bond donors (Lipinski definition) is 1. The van der Waals surface area contributed by atoms with E-state index in [1.807, 2.05) is 24.3 Å². The normalized spacial score (nSPS) is 16.8. The maximum Gasteiger partial charge on any atom is 0.226 e. The van der Waals surface area contributed by atoms with Gasteiger partial charge in [0.25, 0.3) is 0 Å². The monoisotopic (exact) mass is 320 g/mol. The van der Waals surface area contributed by atoms with Crippen molar-refractivity contribution >= 4 is 16.9 Å². The van der Waals surface area contributed by atoms with Crippen molar-refractivity contribution in [3.8, 4) is 0 Å². The van der Waals surface area contributed by atoms with Crippen molar-refractivity contribution in [2.24, 2.45) is 0 Å². The molecule has 0 fully saturated rings. The van der Waals surface area contributed by atoms with Crippen molar-refractivity contribution in [3.05, 3.63) is 65.4 Å². The molecule has 2 aromatic carbocycles. The van der Waals surface area contributed by atoms with Crippen LogP contribution in [0.3, 0.4) is 0 Å². The number of nitrogens with zero attached hydrogens (tertiary/aromatic N) is 1. The van der Waals surface area contributed by atoms with E-state index in [0.717, 1.165) is 23.8 Å². The van der Waals surface area contributed by atoms with Crippen molar-refractivity contribution in [1.29, 1.82) is 0 Å². The number of amides is 1. The number of nitrogens with one attached hydrogen (secondary N) is 1. The van der Waals surface area contributed by atoms with Crippen molar-refractivity contribution < 1.29 is 9.32 Å². The minimum atomic E-state index is -0.00268. The van der Waals surface area contributed by atoms with Gasteiger partial charge in [-0.25, -0.2) is 0 Å². The third-order valence-electron chi connectivity index (χ3n) is 4.82. The lowest BCUT2D eigenvalue weighted by Crippen LogP contribution is -2.31. The van der Waals surface area contributed by atoms with E-state index >= 15 is 0 Å². The average molecular weight is 320 g/mol. The van der Waals surface area contributed by atoms with Crippen molar-refractivity contribution in [1.82, 2.24) is 10.5 Å². The summed E-state index contributed by atoms with van der Waals surface area (Å²) in [6.07, 6.45) is 3.71. The molecular formula is C20H20N2O2. The Morgan fingerprint density at radius 3 is 2.96 bits per heavy atom.